The van der Waals surface area contributed by atoms with E-state index in [0.29, 0.717) is 25.3 Å². The minimum Gasteiger partial charge on any atom is -0.399 e. The fourth-order valence-corrected chi connectivity index (χ4v) is 2.01. The van der Waals surface area contributed by atoms with Crippen molar-refractivity contribution < 1.29 is 14.6 Å². The zero-order chi connectivity index (χ0) is 14.8. The second-order valence-corrected chi connectivity index (χ2v) is 4.80. The number of aliphatic hydroxyl groups is 1. The third-order valence-corrected chi connectivity index (χ3v) is 3.24. The second-order valence-electron chi connectivity index (χ2n) is 4.80. The van der Waals surface area contributed by atoms with Crippen molar-refractivity contribution in [2.75, 3.05) is 52.8 Å². The summed E-state index contributed by atoms with van der Waals surface area (Å²) in [5.41, 5.74) is 7.27. The Labute approximate surface area is 121 Å². The first kappa shape index (κ1) is 16.9. The first-order valence-corrected chi connectivity index (χ1v) is 6.91. The minimum absolute atomic E-state index is 0.494. The molecule has 0 amide bonds. The molecule has 1 aromatic carbocycles. The molecule has 0 spiro atoms. The first-order chi connectivity index (χ1) is 9.67. The lowest BCUT2D eigenvalue weighted by Crippen LogP contribution is -2.32. The molecule has 0 saturated carbocycles. The van der Waals surface area contributed by atoms with E-state index in [-0.39, 0.29) is 0 Å². The number of benzene rings is 1. The number of hydrogen-bond donors (Lipinski definition) is 2. The van der Waals surface area contributed by atoms with Crippen molar-refractivity contribution >= 4 is 5.69 Å². The van der Waals surface area contributed by atoms with Crippen LogP contribution in [0.3, 0.4) is 0 Å². The average molecular weight is 282 g/mol. The van der Waals surface area contributed by atoms with Gasteiger partial charge in [-0.1, -0.05) is 12.1 Å². The molecule has 5 heteroatoms. The van der Waals surface area contributed by atoms with Gasteiger partial charge in [0, 0.05) is 39.5 Å². The normalized spacial score (nSPS) is 12.8. The number of nitrogen functional groups attached to an aromatic ring is 1. The van der Waals surface area contributed by atoms with Crippen molar-refractivity contribution in [2.45, 2.75) is 12.5 Å². The first-order valence-electron chi connectivity index (χ1n) is 6.91. The Morgan fingerprint density at radius 1 is 1.15 bits per heavy atom. The highest BCUT2D eigenvalue weighted by Crippen LogP contribution is 2.19. The van der Waals surface area contributed by atoms with Gasteiger partial charge < -0.3 is 20.3 Å². The molecule has 1 rings (SSSR count). The van der Waals surface area contributed by atoms with Crippen LogP contribution in [0.4, 0.5) is 5.69 Å². The van der Waals surface area contributed by atoms with Crippen LogP contribution in [0.2, 0.25) is 0 Å². The summed E-state index contributed by atoms with van der Waals surface area (Å²) >= 11 is 0. The van der Waals surface area contributed by atoms with Gasteiger partial charge in [0.05, 0.1) is 19.3 Å². The molecule has 20 heavy (non-hydrogen) atoms. The van der Waals surface area contributed by atoms with E-state index >= 15 is 0 Å². The molecule has 0 radical (unpaired) electrons. The number of aliphatic hydroxyl groups excluding tert-OH is 1. The predicted octanol–water partition coefficient (Wildman–Crippen LogP) is 1.29. The topological polar surface area (TPSA) is 68.0 Å². The van der Waals surface area contributed by atoms with Gasteiger partial charge in [-0.05, 0) is 24.1 Å². The molecule has 3 N–H and O–H groups in total. The van der Waals surface area contributed by atoms with Gasteiger partial charge in [0.2, 0.25) is 0 Å². The molecule has 0 aromatic heterocycles. The monoisotopic (exact) mass is 282 g/mol. The molecular weight excluding hydrogens is 256 g/mol. The van der Waals surface area contributed by atoms with E-state index in [0.717, 1.165) is 25.2 Å². The van der Waals surface area contributed by atoms with Crippen LogP contribution in [0.5, 0.6) is 0 Å². The molecule has 0 aliphatic heterocycles. The lowest BCUT2D eigenvalue weighted by Gasteiger charge is -2.23. The molecule has 114 valence electrons. The molecule has 1 unspecified atom stereocenters. The molecule has 1 atom stereocenters. The van der Waals surface area contributed by atoms with Crippen molar-refractivity contribution in [3.8, 4) is 0 Å². The fourth-order valence-electron chi connectivity index (χ4n) is 2.01. The zero-order valence-electron chi connectivity index (χ0n) is 12.4. The SMILES string of the molecule is COCCN(CCOC)CCC(O)c1cccc(N)c1. The van der Waals surface area contributed by atoms with Gasteiger partial charge in [0.1, 0.15) is 0 Å². The highest BCUT2D eigenvalue weighted by molar-refractivity contribution is 5.41. The highest BCUT2D eigenvalue weighted by Gasteiger charge is 2.11. The van der Waals surface area contributed by atoms with E-state index in [4.69, 9.17) is 15.2 Å². The van der Waals surface area contributed by atoms with Gasteiger partial charge >= 0.3 is 0 Å². The molecule has 1 aromatic rings. The lowest BCUT2D eigenvalue weighted by molar-refractivity contribution is 0.0945. The molecule has 0 saturated heterocycles. The molecule has 0 fully saturated rings. The number of nitrogens with zero attached hydrogens (tertiary/aromatic N) is 1. The van der Waals surface area contributed by atoms with Crippen LogP contribution >= 0.6 is 0 Å². The number of nitrogens with two attached hydrogens (primary N) is 1. The Hall–Kier alpha value is -1.14. The third kappa shape index (κ3) is 6.34. The maximum Gasteiger partial charge on any atom is 0.0803 e. The average Bonchev–Trinajstić information content (AvgIpc) is 2.46. The summed E-state index contributed by atoms with van der Waals surface area (Å²) in [5, 5.41) is 10.2. The van der Waals surface area contributed by atoms with E-state index < -0.39 is 6.10 Å². The van der Waals surface area contributed by atoms with Crippen molar-refractivity contribution in [2.24, 2.45) is 0 Å². The highest BCUT2D eigenvalue weighted by atomic mass is 16.5. The minimum atomic E-state index is -0.494. The van der Waals surface area contributed by atoms with E-state index in [2.05, 4.69) is 4.90 Å². The van der Waals surface area contributed by atoms with Gasteiger partial charge in [-0.3, -0.25) is 4.90 Å². The second kappa shape index (κ2) is 9.72. The van der Waals surface area contributed by atoms with Crippen LogP contribution in [0.25, 0.3) is 0 Å². The summed E-state index contributed by atoms with van der Waals surface area (Å²) in [6, 6.07) is 7.40. The summed E-state index contributed by atoms with van der Waals surface area (Å²) in [7, 11) is 3.38. The molecule has 5 nitrogen and oxygen atoms in total. The van der Waals surface area contributed by atoms with Crippen LogP contribution in [0, 0.1) is 0 Å². The zero-order valence-corrected chi connectivity index (χ0v) is 12.4. The smallest absolute Gasteiger partial charge is 0.0803 e. The van der Waals surface area contributed by atoms with Gasteiger partial charge in [0.25, 0.3) is 0 Å². The summed E-state index contributed by atoms with van der Waals surface area (Å²) in [6.07, 6.45) is 0.169. The summed E-state index contributed by atoms with van der Waals surface area (Å²) in [5.74, 6) is 0. The Morgan fingerprint density at radius 3 is 2.35 bits per heavy atom. The van der Waals surface area contributed by atoms with Crippen molar-refractivity contribution in [1.82, 2.24) is 4.90 Å². The maximum atomic E-state index is 10.2. The van der Waals surface area contributed by atoms with Crippen LogP contribution in [0.1, 0.15) is 18.1 Å². The predicted molar refractivity (Wildman–Crippen MR) is 80.6 cm³/mol. The van der Waals surface area contributed by atoms with Gasteiger partial charge in [-0.15, -0.1) is 0 Å². The fraction of sp³-hybridized carbons (Fsp3) is 0.600. The van der Waals surface area contributed by atoms with Crippen LogP contribution in [-0.4, -0.2) is 57.1 Å². The van der Waals surface area contributed by atoms with E-state index in [1.807, 2.05) is 24.3 Å². The van der Waals surface area contributed by atoms with Crippen molar-refractivity contribution in [1.29, 1.82) is 0 Å². The number of anilines is 1. The molecular formula is C15H26N2O3. The van der Waals surface area contributed by atoms with Crippen molar-refractivity contribution in [3.05, 3.63) is 29.8 Å². The van der Waals surface area contributed by atoms with Crippen LogP contribution < -0.4 is 5.73 Å². The van der Waals surface area contributed by atoms with Gasteiger partial charge in [0.15, 0.2) is 0 Å². The Bertz CT molecular complexity index is 366. The van der Waals surface area contributed by atoms with E-state index in [1.165, 1.54) is 0 Å². The Kier molecular flexibility index (Phi) is 8.22. The summed E-state index contributed by atoms with van der Waals surface area (Å²) in [6.45, 7) is 3.83. The third-order valence-electron chi connectivity index (χ3n) is 3.24. The number of methoxy groups -OCH3 is 2. The Morgan fingerprint density at radius 2 is 1.80 bits per heavy atom. The van der Waals surface area contributed by atoms with Gasteiger partial charge in [-0.25, -0.2) is 0 Å². The number of hydrogen-bond acceptors (Lipinski definition) is 5. The molecule has 0 bridgehead atoms. The van der Waals surface area contributed by atoms with Crippen molar-refractivity contribution in [3.63, 3.8) is 0 Å². The number of ether oxygens (including phenoxy) is 2. The Balaban J connectivity index is 2.44. The maximum absolute atomic E-state index is 10.2. The van der Waals surface area contributed by atoms with E-state index in [1.54, 1.807) is 14.2 Å². The van der Waals surface area contributed by atoms with E-state index in [9.17, 15) is 5.11 Å². The molecule has 0 aliphatic carbocycles. The standard InChI is InChI=1S/C15H26N2O3/c1-19-10-8-17(9-11-20-2)7-6-15(18)13-4-3-5-14(16)12-13/h3-5,12,15,18H,6-11,16H2,1-2H3. The summed E-state index contributed by atoms with van der Waals surface area (Å²) < 4.78 is 10.2. The quantitative estimate of drug-likeness (QED) is 0.633. The lowest BCUT2D eigenvalue weighted by atomic mass is 10.1. The largest absolute Gasteiger partial charge is 0.399 e. The van der Waals surface area contributed by atoms with Gasteiger partial charge in [-0.2, -0.15) is 0 Å². The number of rotatable bonds is 10. The van der Waals surface area contributed by atoms with Crippen LogP contribution in [-0.2, 0) is 9.47 Å². The summed E-state index contributed by atoms with van der Waals surface area (Å²) in [4.78, 5) is 2.22. The molecule has 0 heterocycles. The van der Waals surface area contributed by atoms with Crippen LogP contribution in [0.15, 0.2) is 24.3 Å². The molecule has 0 aliphatic rings.